The Morgan fingerprint density at radius 2 is 1.88 bits per heavy atom. The number of hydrogen-bond acceptors (Lipinski definition) is 3. The van der Waals surface area contributed by atoms with Gasteiger partial charge in [-0.15, -0.1) is 0 Å². The maximum Gasteiger partial charge on any atom is 0.416 e. The Morgan fingerprint density at radius 1 is 1.17 bits per heavy atom. The van der Waals surface area contributed by atoms with E-state index >= 15 is 0 Å². The van der Waals surface area contributed by atoms with E-state index in [9.17, 15) is 9.18 Å². The van der Waals surface area contributed by atoms with Gasteiger partial charge in [0.2, 0.25) is 5.88 Å². The highest BCUT2D eigenvalue weighted by molar-refractivity contribution is 5.70. The smallest absolute Gasteiger partial charge is 0.391 e. The molecular weight excluding hydrogens is 307 g/mol. The topological polar surface area (TPSA) is 42.4 Å². The van der Waals surface area contributed by atoms with Crippen molar-refractivity contribution in [2.45, 2.75) is 26.3 Å². The summed E-state index contributed by atoms with van der Waals surface area (Å²) < 4.78 is 18.3. The molecule has 1 aromatic carbocycles. The standard InChI is InChI=1S/C19H19FN2O2/c1-19(2,3)22(4)18(23)24-17-11-10-15(13-21-17)9-8-14-6-5-7-16(20)12-14/h5-7,10-13H,1-4H3. The first-order chi connectivity index (χ1) is 11.3. The van der Waals surface area contributed by atoms with Gasteiger partial charge in [0, 0.05) is 36.0 Å². The summed E-state index contributed by atoms with van der Waals surface area (Å²) in [6.45, 7) is 5.73. The highest BCUT2D eigenvalue weighted by Crippen LogP contribution is 2.14. The summed E-state index contributed by atoms with van der Waals surface area (Å²) in [7, 11) is 1.67. The first-order valence-electron chi connectivity index (χ1n) is 7.45. The number of carbonyl (C=O) groups excluding carboxylic acids is 1. The maximum absolute atomic E-state index is 13.1. The average molecular weight is 326 g/mol. The van der Waals surface area contributed by atoms with Gasteiger partial charge in [0.15, 0.2) is 0 Å². The molecule has 1 amide bonds. The van der Waals surface area contributed by atoms with Gasteiger partial charge in [0.25, 0.3) is 0 Å². The molecule has 0 fully saturated rings. The molecule has 0 aliphatic heterocycles. The molecule has 0 spiro atoms. The zero-order valence-electron chi connectivity index (χ0n) is 14.1. The van der Waals surface area contributed by atoms with E-state index in [4.69, 9.17) is 4.74 Å². The number of benzene rings is 1. The second kappa shape index (κ2) is 7.14. The fourth-order valence-electron chi connectivity index (χ4n) is 1.66. The number of hydrogen-bond donors (Lipinski definition) is 0. The van der Waals surface area contributed by atoms with Crippen LogP contribution >= 0.6 is 0 Å². The van der Waals surface area contributed by atoms with Crippen molar-refractivity contribution in [1.29, 1.82) is 0 Å². The van der Waals surface area contributed by atoms with Crippen molar-refractivity contribution in [3.8, 4) is 17.7 Å². The number of carbonyl (C=O) groups is 1. The summed E-state index contributed by atoms with van der Waals surface area (Å²) in [4.78, 5) is 17.5. The summed E-state index contributed by atoms with van der Waals surface area (Å²) in [5.74, 6) is 5.61. The van der Waals surface area contributed by atoms with E-state index in [2.05, 4.69) is 16.8 Å². The highest BCUT2D eigenvalue weighted by Gasteiger charge is 2.24. The molecule has 0 bridgehead atoms. The molecule has 2 rings (SSSR count). The number of rotatable bonds is 1. The zero-order chi connectivity index (χ0) is 17.7. The molecule has 0 unspecified atom stereocenters. The van der Waals surface area contributed by atoms with Crippen LogP contribution < -0.4 is 4.74 Å². The minimum atomic E-state index is -0.478. The lowest BCUT2D eigenvalue weighted by Crippen LogP contribution is -2.44. The van der Waals surface area contributed by atoms with Crippen molar-refractivity contribution < 1.29 is 13.9 Å². The van der Waals surface area contributed by atoms with E-state index in [1.165, 1.54) is 23.2 Å². The lowest BCUT2D eigenvalue weighted by atomic mass is 10.1. The van der Waals surface area contributed by atoms with Gasteiger partial charge in [0.05, 0.1) is 0 Å². The number of aromatic nitrogens is 1. The van der Waals surface area contributed by atoms with Gasteiger partial charge in [-0.3, -0.25) is 0 Å². The third-order valence-electron chi connectivity index (χ3n) is 3.38. The van der Waals surface area contributed by atoms with Crippen LogP contribution in [0.5, 0.6) is 5.88 Å². The molecule has 0 radical (unpaired) electrons. The SMILES string of the molecule is CN(C(=O)Oc1ccc(C#Cc2cccc(F)c2)cn1)C(C)(C)C. The lowest BCUT2D eigenvalue weighted by molar-refractivity contribution is 0.123. The lowest BCUT2D eigenvalue weighted by Gasteiger charge is -2.30. The molecule has 4 nitrogen and oxygen atoms in total. The van der Waals surface area contributed by atoms with Crippen LogP contribution in [-0.4, -0.2) is 28.6 Å². The van der Waals surface area contributed by atoms with Crippen molar-refractivity contribution in [2.75, 3.05) is 7.05 Å². The quantitative estimate of drug-likeness (QED) is 0.748. The number of ether oxygens (including phenoxy) is 1. The summed E-state index contributed by atoms with van der Waals surface area (Å²) in [5.41, 5.74) is 0.883. The van der Waals surface area contributed by atoms with Gasteiger partial charge in [-0.05, 0) is 45.0 Å². The summed E-state index contributed by atoms with van der Waals surface area (Å²) in [6, 6.07) is 9.32. The van der Waals surface area contributed by atoms with Crippen LogP contribution in [0.4, 0.5) is 9.18 Å². The van der Waals surface area contributed by atoms with E-state index in [1.807, 2.05) is 20.8 Å². The summed E-state index contributed by atoms with van der Waals surface area (Å²) in [5, 5.41) is 0. The molecule has 1 aromatic heterocycles. The Hall–Kier alpha value is -2.87. The van der Waals surface area contributed by atoms with Crippen LogP contribution in [0.25, 0.3) is 0 Å². The molecule has 0 aliphatic rings. The van der Waals surface area contributed by atoms with Crippen LogP contribution in [0.2, 0.25) is 0 Å². The van der Waals surface area contributed by atoms with Crippen molar-refractivity contribution in [2.24, 2.45) is 0 Å². The van der Waals surface area contributed by atoms with E-state index < -0.39 is 6.09 Å². The Bertz CT molecular complexity index is 783. The number of halogens is 1. The predicted molar refractivity (Wildman–Crippen MR) is 90.2 cm³/mol. The van der Waals surface area contributed by atoms with Gasteiger partial charge < -0.3 is 9.64 Å². The average Bonchev–Trinajstić information content (AvgIpc) is 2.52. The Labute approximate surface area is 141 Å². The highest BCUT2D eigenvalue weighted by atomic mass is 19.1. The summed E-state index contributed by atoms with van der Waals surface area (Å²) in [6.07, 6.45) is 1.03. The van der Waals surface area contributed by atoms with Crippen LogP contribution in [0.3, 0.4) is 0 Å². The molecule has 124 valence electrons. The van der Waals surface area contributed by atoms with Gasteiger partial charge >= 0.3 is 6.09 Å². The molecule has 0 saturated heterocycles. The molecule has 0 aliphatic carbocycles. The number of amides is 1. The monoisotopic (exact) mass is 326 g/mol. The normalized spacial score (nSPS) is 10.5. The van der Waals surface area contributed by atoms with Crippen LogP contribution in [0.1, 0.15) is 31.9 Å². The molecule has 0 atom stereocenters. The minimum Gasteiger partial charge on any atom is -0.391 e. The maximum atomic E-state index is 13.1. The summed E-state index contributed by atoms with van der Waals surface area (Å²) >= 11 is 0. The largest absolute Gasteiger partial charge is 0.416 e. The van der Waals surface area contributed by atoms with Crippen molar-refractivity contribution in [3.63, 3.8) is 0 Å². The molecule has 5 heteroatoms. The zero-order valence-corrected chi connectivity index (χ0v) is 14.1. The van der Waals surface area contributed by atoms with Gasteiger partial charge in [0.1, 0.15) is 5.82 Å². The molecular formula is C19H19FN2O2. The second-order valence-corrected chi connectivity index (χ2v) is 6.24. The van der Waals surface area contributed by atoms with Gasteiger partial charge in [-0.2, -0.15) is 0 Å². The first kappa shape index (κ1) is 17.5. The Morgan fingerprint density at radius 3 is 2.46 bits per heavy atom. The fourth-order valence-corrected chi connectivity index (χ4v) is 1.66. The third kappa shape index (κ3) is 4.82. The van der Waals surface area contributed by atoms with E-state index in [0.717, 1.165) is 0 Å². The predicted octanol–water partition coefficient (Wildman–Crippen LogP) is 3.85. The third-order valence-corrected chi connectivity index (χ3v) is 3.38. The molecule has 2 aromatic rings. The minimum absolute atomic E-state index is 0.201. The number of nitrogens with zero attached hydrogens (tertiary/aromatic N) is 2. The Kier molecular flexibility index (Phi) is 5.20. The van der Waals surface area contributed by atoms with E-state index in [1.54, 1.807) is 31.3 Å². The van der Waals surface area contributed by atoms with Crippen molar-refractivity contribution in [3.05, 3.63) is 59.5 Å². The molecule has 0 saturated carbocycles. The van der Waals surface area contributed by atoms with Gasteiger partial charge in [-0.1, -0.05) is 17.9 Å². The van der Waals surface area contributed by atoms with Crippen LogP contribution in [0.15, 0.2) is 42.6 Å². The molecule has 1 heterocycles. The number of pyridine rings is 1. The Balaban J connectivity index is 2.05. The van der Waals surface area contributed by atoms with Crippen molar-refractivity contribution in [1.82, 2.24) is 9.88 Å². The fraction of sp³-hybridized carbons (Fsp3) is 0.263. The molecule has 24 heavy (non-hydrogen) atoms. The van der Waals surface area contributed by atoms with Crippen molar-refractivity contribution >= 4 is 6.09 Å². The van der Waals surface area contributed by atoms with Crippen LogP contribution in [0, 0.1) is 17.7 Å². The van der Waals surface area contributed by atoms with E-state index in [0.29, 0.717) is 11.1 Å². The second-order valence-electron chi connectivity index (χ2n) is 6.24. The van der Waals surface area contributed by atoms with E-state index in [-0.39, 0.29) is 17.2 Å². The molecule has 0 N–H and O–H groups in total. The van der Waals surface area contributed by atoms with Crippen LogP contribution in [-0.2, 0) is 0 Å². The van der Waals surface area contributed by atoms with Gasteiger partial charge in [-0.25, -0.2) is 14.2 Å². The first-order valence-corrected chi connectivity index (χ1v) is 7.45.